The maximum absolute atomic E-state index is 5.19. The van der Waals surface area contributed by atoms with Crippen molar-refractivity contribution >= 4 is 0 Å². The van der Waals surface area contributed by atoms with E-state index in [9.17, 15) is 0 Å². The largest absolute Gasteiger partial charge is 0.384 e. The molecule has 0 aromatic rings. The number of hydrogen-bond acceptors (Lipinski definition) is 2. The molecule has 3 unspecified atom stereocenters. The normalized spacial score (nSPS) is 30.7. The topological polar surface area (TPSA) is 21.3 Å². The van der Waals surface area contributed by atoms with Gasteiger partial charge in [-0.1, -0.05) is 13.8 Å². The molecule has 0 amide bonds. The van der Waals surface area contributed by atoms with Crippen molar-refractivity contribution in [3.63, 3.8) is 0 Å². The molecule has 2 heteroatoms. The zero-order valence-corrected chi connectivity index (χ0v) is 9.18. The molecule has 0 aliphatic heterocycles. The van der Waals surface area contributed by atoms with Gasteiger partial charge in [-0.15, -0.1) is 0 Å². The molecule has 0 heterocycles. The maximum atomic E-state index is 5.19. The van der Waals surface area contributed by atoms with Gasteiger partial charge in [-0.3, -0.25) is 0 Å². The summed E-state index contributed by atoms with van der Waals surface area (Å²) in [5, 5.41) is 3.53. The van der Waals surface area contributed by atoms with Crippen LogP contribution in [-0.4, -0.2) is 26.3 Å². The van der Waals surface area contributed by atoms with E-state index < -0.39 is 0 Å². The van der Waals surface area contributed by atoms with Crippen LogP contribution in [-0.2, 0) is 4.74 Å². The van der Waals surface area contributed by atoms with Gasteiger partial charge in [0.15, 0.2) is 0 Å². The molecule has 0 aromatic heterocycles. The Morgan fingerprint density at radius 3 is 2.85 bits per heavy atom. The average molecular weight is 185 g/mol. The van der Waals surface area contributed by atoms with Crippen LogP contribution >= 0.6 is 0 Å². The van der Waals surface area contributed by atoms with Crippen molar-refractivity contribution in [1.29, 1.82) is 0 Å². The van der Waals surface area contributed by atoms with Crippen LogP contribution in [0.4, 0.5) is 0 Å². The maximum Gasteiger partial charge on any atom is 0.0490 e. The Morgan fingerprint density at radius 2 is 2.23 bits per heavy atom. The van der Waals surface area contributed by atoms with Gasteiger partial charge >= 0.3 is 0 Å². The van der Waals surface area contributed by atoms with E-state index in [0.29, 0.717) is 0 Å². The molecule has 1 N–H and O–H groups in total. The summed E-state index contributed by atoms with van der Waals surface area (Å²) in [5.41, 5.74) is 0. The summed E-state index contributed by atoms with van der Waals surface area (Å²) >= 11 is 0. The Labute approximate surface area is 82.0 Å². The summed E-state index contributed by atoms with van der Waals surface area (Å²) in [6, 6.07) is 0.773. The second-order valence-corrected chi connectivity index (χ2v) is 4.26. The van der Waals surface area contributed by atoms with E-state index in [1.54, 1.807) is 7.11 Å². The third-order valence-electron chi connectivity index (χ3n) is 3.20. The van der Waals surface area contributed by atoms with Gasteiger partial charge in [0.2, 0.25) is 0 Å². The quantitative estimate of drug-likeness (QED) is 0.708. The van der Waals surface area contributed by atoms with Gasteiger partial charge < -0.3 is 10.1 Å². The van der Waals surface area contributed by atoms with Crippen LogP contribution in [0.2, 0.25) is 0 Å². The van der Waals surface area contributed by atoms with Crippen LogP contribution in [0.5, 0.6) is 0 Å². The molecule has 1 fully saturated rings. The molecule has 0 spiro atoms. The lowest BCUT2D eigenvalue weighted by atomic mass is 9.93. The van der Waals surface area contributed by atoms with Crippen LogP contribution in [0, 0.1) is 11.8 Å². The predicted octanol–water partition coefficient (Wildman–Crippen LogP) is 2.05. The summed E-state index contributed by atoms with van der Waals surface area (Å²) in [6.45, 7) is 6.52. The van der Waals surface area contributed by atoms with E-state index >= 15 is 0 Å². The molecule has 0 saturated heterocycles. The first-order valence-electron chi connectivity index (χ1n) is 5.50. The molecule has 1 aliphatic carbocycles. The van der Waals surface area contributed by atoms with Crippen LogP contribution in [0.1, 0.15) is 33.1 Å². The lowest BCUT2D eigenvalue weighted by Gasteiger charge is -2.18. The molecule has 13 heavy (non-hydrogen) atoms. The molecule has 3 atom stereocenters. The number of methoxy groups -OCH3 is 1. The van der Waals surface area contributed by atoms with Crippen LogP contribution < -0.4 is 5.32 Å². The zero-order valence-electron chi connectivity index (χ0n) is 9.18. The molecule has 0 bridgehead atoms. The fourth-order valence-electron chi connectivity index (χ4n) is 2.41. The van der Waals surface area contributed by atoms with Gasteiger partial charge in [0.1, 0.15) is 0 Å². The van der Waals surface area contributed by atoms with Crippen LogP contribution in [0.25, 0.3) is 0 Å². The monoisotopic (exact) mass is 185 g/mol. The zero-order chi connectivity index (χ0) is 9.68. The Kier molecular flexibility index (Phi) is 4.74. The highest BCUT2D eigenvalue weighted by Crippen LogP contribution is 2.31. The van der Waals surface area contributed by atoms with Crippen molar-refractivity contribution in [1.82, 2.24) is 5.32 Å². The highest BCUT2D eigenvalue weighted by atomic mass is 16.5. The Hall–Kier alpha value is -0.0800. The Morgan fingerprint density at radius 1 is 1.46 bits per heavy atom. The number of ether oxygens (including phenoxy) is 1. The first-order chi connectivity index (χ1) is 6.27. The minimum absolute atomic E-state index is 0.730. The predicted molar refractivity (Wildman–Crippen MR) is 55.8 cm³/mol. The fraction of sp³-hybridized carbons (Fsp3) is 1.00. The van der Waals surface area contributed by atoms with E-state index in [2.05, 4.69) is 19.2 Å². The van der Waals surface area contributed by atoms with Crippen molar-refractivity contribution in [3.05, 3.63) is 0 Å². The fourth-order valence-corrected chi connectivity index (χ4v) is 2.41. The van der Waals surface area contributed by atoms with Crippen molar-refractivity contribution in [3.8, 4) is 0 Å². The van der Waals surface area contributed by atoms with Crippen LogP contribution in [0.3, 0.4) is 0 Å². The summed E-state index contributed by atoms with van der Waals surface area (Å²) in [4.78, 5) is 0. The van der Waals surface area contributed by atoms with Crippen molar-refractivity contribution in [2.24, 2.45) is 11.8 Å². The Balaban J connectivity index is 2.23. The standard InChI is InChI=1S/C11H23NO/c1-4-12-11-6-5-10(7-11)9(2)8-13-3/h9-12H,4-8H2,1-3H3. The highest BCUT2D eigenvalue weighted by Gasteiger charge is 2.27. The van der Waals surface area contributed by atoms with Gasteiger partial charge in [-0.25, -0.2) is 0 Å². The first-order valence-corrected chi connectivity index (χ1v) is 5.50. The minimum atomic E-state index is 0.730. The number of hydrogen-bond donors (Lipinski definition) is 1. The molecule has 1 saturated carbocycles. The first kappa shape index (κ1) is 11.0. The molecule has 0 radical (unpaired) electrons. The molecule has 78 valence electrons. The lowest BCUT2D eigenvalue weighted by molar-refractivity contribution is 0.130. The average Bonchev–Trinajstić information content (AvgIpc) is 2.54. The van der Waals surface area contributed by atoms with E-state index in [0.717, 1.165) is 31.0 Å². The van der Waals surface area contributed by atoms with Crippen molar-refractivity contribution < 1.29 is 4.74 Å². The van der Waals surface area contributed by atoms with Crippen LogP contribution in [0.15, 0.2) is 0 Å². The number of rotatable bonds is 5. The molecule has 0 aromatic carbocycles. The lowest BCUT2D eigenvalue weighted by Crippen LogP contribution is -2.26. The van der Waals surface area contributed by atoms with E-state index in [4.69, 9.17) is 4.74 Å². The SMILES string of the molecule is CCNC1CCC(C(C)COC)C1. The summed E-state index contributed by atoms with van der Waals surface area (Å²) < 4.78 is 5.19. The van der Waals surface area contributed by atoms with Gasteiger partial charge in [0.25, 0.3) is 0 Å². The third kappa shape index (κ3) is 3.28. The van der Waals surface area contributed by atoms with Gasteiger partial charge in [0.05, 0.1) is 0 Å². The van der Waals surface area contributed by atoms with Crippen molar-refractivity contribution in [2.75, 3.05) is 20.3 Å². The second kappa shape index (κ2) is 5.61. The van der Waals surface area contributed by atoms with Crippen molar-refractivity contribution in [2.45, 2.75) is 39.2 Å². The third-order valence-corrected chi connectivity index (χ3v) is 3.20. The molecule has 1 rings (SSSR count). The summed E-state index contributed by atoms with van der Waals surface area (Å²) in [6.07, 6.45) is 4.08. The van der Waals surface area contributed by atoms with E-state index in [1.807, 2.05) is 0 Å². The minimum Gasteiger partial charge on any atom is -0.384 e. The molecule has 1 aliphatic rings. The number of nitrogens with one attached hydrogen (secondary N) is 1. The summed E-state index contributed by atoms with van der Waals surface area (Å²) in [5.74, 6) is 1.61. The highest BCUT2D eigenvalue weighted by molar-refractivity contribution is 4.82. The summed E-state index contributed by atoms with van der Waals surface area (Å²) in [7, 11) is 1.80. The van der Waals surface area contributed by atoms with E-state index in [-0.39, 0.29) is 0 Å². The van der Waals surface area contributed by atoms with Gasteiger partial charge in [-0.2, -0.15) is 0 Å². The van der Waals surface area contributed by atoms with Gasteiger partial charge in [-0.05, 0) is 37.6 Å². The molecular weight excluding hydrogens is 162 g/mol. The Bertz CT molecular complexity index is 138. The van der Waals surface area contributed by atoms with Gasteiger partial charge in [0, 0.05) is 19.8 Å². The molecule has 2 nitrogen and oxygen atoms in total. The molecular formula is C11H23NO. The smallest absolute Gasteiger partial charge is 0.0490 e. The van der Waals surface area contributed by atoms with E-state index in [1.165, 1.54) is 19.3 Å². The second-order valence-electron chi connectivity index (χ2n) is 4.26.